The minimum absolute atomic E-state index is 0.0912. The predicted molar refractivity (Wildman–Crippen MR) is 113 cm³/mol. The average molecular weight is 429 g/mol. The fraction of sp³-hybridized carbons (Fsp3) is 0.333. The third-order valence-electron chi connectivity index (χ3n) is 5.50. The lowest BCUT2D eigenvalue weighted by molar-refractivity contribution is 0.269. The van der Waals surface area contributed by atoms with Gasteiger partial charge in [0.15, 0.2) is 11.5 Å². The van der Waals surface area contributed by atoms with E-state index in [1.165, 1.54) is 30.7 Å². The Morgan fingerprint density at radius 2 is 1.70 bits per heavy atom. The van der Waals surface area contributed by atoms with Gasteiger partial charge in [0, 0.05) is 25.2 Å². The molecule has 0 N–H and O–H groups in total. The van der Waals surface area contributed by atoms with Crippen molar-refractivity contribution in [1.29, 1.82) is 0 Å². The molecule has 158 valence electrons. The SMILES string of the molecule is COc1ccc(S(=O)(=O)N2CCC(n3cnc4ccccc4c3=O)CC2)cc1OC. The lowest BCUT2D eigenvalue weighted by Gasteiger charge is -2.32. The molecule has 9 heteroatoms. The van der Waals surface area contributed by atoms with E-state index in [4.69, 9.17) is 9.47 Å². The Kier molecular flexibility index (Phi) is 5.48. The molecule has 1 aromatic heterocycles. The van der Waals surface area contributed by atoms with Crippen LogP contribution in [-0.2, 0) is 10.0 Å². The van der Waals surface area contributed by atoms with Gasteiger partial charge in [0.2, 0.25) is 10.0 Å². The van der Waals surface area contributed by atoms with Crippen LogP contribution in [0.3, 0.4) is 0 Å². The van der Waals surface area contributed by atoms with E-state index in [2.05, 4.69) is 4.98 Å². The molecular formula is C21H23N3O5S. The zero-order valence-electron chi connectivity index (χ0n) is 16.8. The van der Waals surface area contributed by atoms with Gasteiger partial charge in [-0.25, -0.2) is 13.4 Å². The highest BCUT2D eigenvalue weighted by molar-refractivity contribution is 7.89. The van der Waals surface area contributed by atoms with Crippen LogP contribution in [0.5, 0.6) is 11.5 Å². The minimum atomic E-state index is -3.68. The van der Waals surface area contributed by atoms with Crippen molar-refractivity contribution in [2.45, 2.75) is 23.8 Å². The van der Waals surface area contributed by atoms with E-state index in [1.807, 2.05) is 12.1 Å². The molecule has 4 rings (SSSR count). The van der Waals surface area contributed by atoms with Crippen LogP contribution in [0.2, 0.25) is 0 Å². The molecule has 1 aliphatic rings. The Balaban J connectivity index is 1.55. The topological polar surface area (TPSA) is 90.7 Å². The van der Waals surface area contributed by atoms with Crippen molar-refractivity contribution >= 4 is 20.9 Å². The second-order valence-corrected chi connectivity index (χ2v) is 9.06. The largest absolute Gasteiger partial charge is 0.493 e. The number of nitrogens with zero attached hydrogens (tertiary/aromatic N) is 3. The van der Waals surface area contributed by atoms with E-state index < -0.39 is 10.0 Å². The summed E-state index contributed by atoms with van der Waals surface area (Å²) in [6, 6.07) is 11.7. The maximum atomic E-state index is 13.1. The van der Waals surface area contributed by atoms with E-state index in [0.717, 1.165) is 0 Å². The quantitative estimate of drug-likeness (QED) is 0.619. The Bertz CT molecular complexity index is 1230. The van der Waals surface area contributed by atoms with Gasteiger partial charge in [-0.15, -0.1) is 0 Å². The number of hydrogen-bond acceptors (Lipinski definition) is 6. The van der Waals surface area contributed by atoms with Crippen molar-refractivity contribution in [3.8, 4) is 11.5 Å². The smallest absolute Gasteiger partial charge is 0.261 e. The third-order valence-corrected chi connectivity index (χ3v) is 7.39. The molecule has 1 saturated heterocycles. The number of rotatable bonds is 5. The molecule has 0 radical (unpaired) electrons. The van der Waals surface area contributed by atoms with Crippen LogP contribution in [-0.4, -0.2) is 49.6 Å². The van der Waals surface area contributed by atoms with Crippen LogP contribution >= 0.6 is 0 Å². The molecule has 0 saturated carbocycles. The number of ether oxygens (including phenoxy) is 2. The molecule has 2 aromatic carbocycles. The Labute approximate surface area is 174 Å². The van der Waals surface area contributed by atoms with Gasteiger partial charge in [-0.2, -0.15) is 4.31 Å². The standard InChI is InChI=1S/C21H23N3O5S/c1-28-19-8-7-16(13-20(19)29-2)30(26,27)23-11-9-15(10-12-23)24-14-22-18-6-4-3-5-17(18)21(24)25/h3-8,13-15H,9-12H2,1-2H3. The highest BCUT2D eigenvalue weighted by Gasteiger charge is 2.31. The van der Waals surface area contributed by atoms with Crippen molar-refractivity contribution in [3.63, 3.8) is 0 Å². The van der Waals surface area contributed by atoms with Crippen molar-refractivity contribution in [1.82, 2.24) is 13.9 Å². The summed E-state index contributed by atoms with van der Waals surface area (Å²) in [4.78, 5) is 17.4. The number of hydrogen-bond donors (Lipinski definition) is 0. The first-order chi connectivity index (χ1) is 14.5. The summed E-state index contributed by atoms with van der Waals surface area (Å²) in [5, 5.41) is 0.570. The summed E-state index contributed by atoms with van der Waals surface area (Å²) >= 11 is 0. The van der Waals surface area contributed by atoms with E-state index >= 15 is 0 Å². The minimum Gasteiger partial charge on any atom is -0.493 e. The summed E-state index contributed by atoms with van der Waals surface area (Å²) in [7, 11) is -0.708. The maximum Gasteiger partial charge on any atom is 0.261 e. The number of piperidine rings is 1. The highest BCUT2D eigenvalue weighted by atomic mass is 32.2. The first-order valence-corrected chi connectivity index (χ1v) is 11.1. The summed E-state index contributed by atoms with van der Waals surface area (Å²) in [6.45, 7) is 0.640. The van der Waals surface area contributed by atoms with E-state index in [-0.39, 0.29) is 16.5 Å². The summed E-state index contributed by atoms with van der Waals surface area (Å²) < 4.78 is 39.7. The van der Waals surface area contributed by atoms with Gasteiger partial charge in [-0.3, -0.25) is 9.36 Å². The van der Waals surface area contributed by atoms with Crippen LogP contribution in [0.15, 0.2) is 58.5 Å². The Morgan fingerprint density at radius 1 is 1.00 bits per heavy atom. The van der Waals surface area contributed by atoms with E-state index in [9.17, 15) is 13.2 Å². The first kappa shape index (κ1) is 20.4. The molecule has 0 atom stereocenters. The molecular weight excluding hydrogens is 406 g/mol. The number of para-hydroxylation sites is 1. The molecule has 2 heterocycles. The summed E-state index contributed by atoms with van der Waals surface area (Å²) in [5.41, 5.74) is 0.564. The fourth-order valence-electron chi connectivity index (χ4n) is 3.83. The molecule has 0 aliphatic carbocycles. The lowest BCUT2D eigenvalue weighted by atomic mass is 10.1. The van der Waals surface area contributed by atoms with Crippen molar-refractivity contribution in [2.75, 3.05) is 27.3 Å². The predicted octanol–water partition coefficient (Wildman–Crippen LogP) is 2.44. The molecule has 0 unspecified atom stereocenters. The van der Waals surface area contributed by atoms with Crippen molar-refractivity contribution in [3.05, 3.63) is 59.1 Å². The van der Waals surface area contributed by atoms with Crippen LogP contribution in [0, 0.1) is 0 Å². The van der Waals surface area contributed by atoms with Crippen molar-refractivity contribution in [2.24, 2.45) is 0 Å². The van der Waals surface area contributed by atoms with Crippen LogP contribution in [0.1, 0.15) is 18.9 Å². The van der Waals surface area contributed by atoms with Gasteiger partial charge < -0.3 is 9.47 Å². The molecule has 0 bridgehead atoms. The molecule has 30 heavy (non-hydrogen) atoms. The first-order valence-electron chi connectivity index (χ1n) is 9.64. The summed E-state index contributed by atoms with van der Waals surface area (Å²) in [6.07, 6.45) is 2.63. The van der Waals surface area contributed by atoms with Crippen LogP contribution in [0.4, 0.5) is 0 Å². The van der Waals surface area contributed by atoms with E-state index in [1.54, 1.807) is 29.1 Å². The molecule has 1 aliphatic heterocycles. The molecule has 1 fully saturated rings. The third kappa shape index (κ3) is 3.54. The fourth-order valence-corrected chi connectivity index (χ4v) is 5.32. The monoisotopic (exact) mass is 429 g/mol. The number of fused-ring (bicyclic) bond motifs is 1. The average Bonchev–Trinajstić information content (AvgIpc) is 2.79. The number of sulfonamides is 1. The zero-order chi connectivity index (χ0) is 21.3. The van der Waals surface area contributed by atoms with Crippen LogP contribution < -0.4 is 15.0 Å². The van der Waals surface area contributed by atoms with Gasteiger partial charge in [-0.05, 0) is 37.1 Å². The zero-order valence-corrected chi connectivity index (χ0v) is 17.6. The van der Waals surface area contributed by atoms with Gasteiger partial charge in [-0.1, -0.05) is 12.1 Å². The Morgan fingerprint density at radius 3 is 2.40 bits per heavy atom. The Hall–Kier alpha value is -2.91. The molecule has 0 spiro atoms. The number of aromatic nitrogens is 2. The van der Waals surface area contributed by atoms with Gasteiger partial charge in [0.25, 0.3) is 5.56 Å². The maximum absolute atomic E-state index is 13.1. The van der Waals surface area contributed by atoms with Crippen LogP contribution in [0.25, 0.3) is 10.9 Å². The van der Waals surface area contributed by atoms with E-state index in [0.29, 0.717) is 48.3 Å². The molecule has 8 nitrogen and oxygen atoms in total. The molecule has 0 amide bonds. The lowest BCUT2D eigenvalue weighted by Crippen LogP contribution is -2.40. The second kappa shape index (κ2) is 8.08. The van der Waals surface area contributed by atoms with Gasteiger partial charge >= 0.3 is 0 Å². The van der Waals surface area contributed by atoms with Gasteiger partial charge in [0.05, 0.1) is 36.3 Å². The number of benzene rings is 2. The van der Waals surface area contributed by atoms with Gasteiger partial charge in [0.1, 0.15) is 0 Å². The number of methoxy groups -OCH3 is 2. The second-order valence-electron chi connectivity index (χ2n) is 7.13. The normalized spacial score (nSPS) is 15.9. The molecule has 3 aromatic rings. The summed E-state index contributed by atoms with van der Waals surface area (Å²) in [5.74, 6) is 0.834. The highest BCUT2D eigenvalue weighted by Crippen LogP contribution is 2.32. The van der Waals surface area contributed by atoms with Crippen molar-refractivity contribution < 1.29 is 17.9 Å².